The summed E-state index contributed by atoms with van der Waals surface area (Å²) in [7, 11) is 0. The predicted octanol–water partition coefficient (Wildman–Crippen LogP) is 3.02. The molecule has 3 rings (SSSR count). The van der Waals surface area contributed by atoms with E-state index in [2.05, 4.69) is 23.7 Å². The van der Waals surface area contributed by atoms with Crippen molar-refractivity contribution in [1.82, 2.24) is 0 Å². The van der Waals surface area contributed by atoms with Crippen LogP contribution in [0, 0.1) is 6.92 Å². The first-order chi connectivity index (χ1) is 10.2. The van der Waals surface area contributed by atoms with E-state index in [0.717, 1.165) is 23.4 Å². The van der Waals surface area contributed by atoms with Gasteiger partial charge in [-0.3, -0.25) is 4.79 Å². The number of rotatable bonds is 4. The van der Waals surface area contributed by atoms with E-state index in [4.69, 9.17) is 10.5 Å². The molecule has 0 fully saturated rings. The number of fused-ring (bicyclic) bond motifs is 1. The van der Waals surface area contributed by atoms with Crippen LogP contribution in [0.4, 0.5) is 5.69 Å². The number of carbonyl (C=O) groups excluding carboxylic acids is 1. The van der Waals surface area contributed by atoms with Gasteiger partial charge in [0.15, 0.2) is 0 Å². The molecule has 4 nitrogen and oxygen atoms in total. The van der Waals surface area contributed by atoms with Gasteiger partial charge in [-0.15, -0.1) is 11.3 Å². The van der Waals surface area contributed by atoms with Gasteiger partial charge in [-0.05, 0) is 54.1 Å². The SMILES string of the molecule is Cc1ccsc1C(CN)Oc1ccc2c(c1)CCC(=O)N2. The molecule has 1 unspecified atom stereocenters. The second-order valence-electron chi connectivity index (χ2n) is 5.18. The van der Waals surface area contributed by atoms with Gasteiger partial charge in [-0.25, -0.2) is 0 Å². The molecule has 1 amide bonds. The van der Waals surface area contributed by atoms with Crippen LogP contribution >= 0.6 is 11.3 Å². The van der Waals surface area contributed by atoms with Gasteiger partial charge in [0.05, 0.1) is 0 Å². The second kappa shape index (κ2) is 5.87. The van der Waals surface area contributed by atoms with Gasteiger partial charge in [-0.2, -0.15) is 0 Å². The molecule has 0 bridgehead atoms. The van der Waals surface area contributed by atoms with E-state index in [0.29, 0.717) is 13.0 Å². The Kier molecular flexibility index (Phi) is 3.94. The number of aryl methyl sites for hydroxylation is 2. The van der Waals surface area contributed by atoms with E-state index < -0.39 is 0 Å². The molecule has 1 aliphatic rings. The highest BCUT2D eigenvalue weighted by molar-refractivity contribution is 7.10. The topological polar surface area (TPSA) is 64.3 Å². The Hall–Kier alpha value is -1.85. The van der Waals surface area contributed by atoms with Crippen LogP contribution in [0.25, 0.3) is 0 Å². The van der Waals surface area contributed by atoms with Gasteiger partial charge in [0, 0.05) is 23.5 Å². The zero-order valence-corrected chi connectivity index (χ0v) is 12.7. The third kappa shape index (κ3) is 2.94. The minimum absolute atomic E-state index is 0.0743. The fourth-order valence-electron chi connectivity index (χ4n) is 2.52. The first-order valence-corrected chi connectivity index (χ1v) is 7.89. The third-order valence-electron chi connectivity index (χ3n) is 3.66. The van der Waals surface area contributed by atoms with Gasteiger partial charge in [0.25, 0.3) is 0 Å². The summed E-state index contributed by atoms with van der Waals surface area (Å²) < 4.78 is 6.05. The van der Waals surface area contributed by atoms with Gasteiger partial charge in [-0.1, -0.05) is 0 Å². The molecule has 2 heterocycles. The summed E-state index contributed by atoms with van der Waals surface area (Å²) in [6.07, 6.45) is 1.16. The molecule has 1 atom stereocenters. The largest absolute Gasteiger partial charge is 0.484 e. The first-order valence-electron chi connectivity index (χ1n) is 7.01. The molecular formula is C16H18N2O2S. The number of anilines is 1. The smallest absolute Gasteiger partial charge is 0.224 e. The number of hydrogen-bond donors (Lipinski definition) is 2. The molecule has 3 N–H and O–H groups in total. The highest BCUT2D eigenvalue weighted by Gasteiger charge is 2.18. The first kappa shape index (κ1) is 14.1. The highest BCUT2D eigenvalue weighted by Crippen LogP contribution is 2.31. The summed E-state index contributed by atoms with van der Waals surface area (Å²) in [6.45, 7) is 2.51. The highest BCUT2D eigenvalue weighted by atomic mass is 32.1. The zero-order valence-electron chi connectivity index (χ0n) is 11.9. The van der Waals surface area contributed by atoms with Crippen molar-refractivity contribution in [3.05, 3.63) is 45.6 Å². The van der Waals surface area contributed by atoms with E-state index >= 15 is 0 Å². The van der Waals surface area contributed by atoms with Crippen molar-refractivity contribution in [1.29, 1.82) is 0 Å². The molecule has 0 spiro atoms. The number of amides is 1. The summed E-state index contributed by atoms with van der Waals surface area (Å²) in [6, 6.07) is 7.86. The fraction of sp³-hybridized carbons (Fsp3) is 0.312. The maximum Gasteiger partial charge on any atom is 0.224 e. The monoisotopic (exact) mass is 302 g/mol. The molecule has 0 saturated carbocycles. The van der Waals surface area contributed by atoms with Gasteiger partial charge in [0.1, 0.15) is 11.9 Å². The Morgan fingerprint density at radius 2 is 2.24 bits per heavy atom. The van der Waals surface area contributed by atoms with E-state index in [1.807, 2.05) is 18.2 Å². The maximum absolute atomic E-state index is 11.4. The molecule has 2 aromatic rings. The fourth-order valence-corrected chi connectivity index (χ4v) is 3.49. The Bertz CT molecular complexity index is 666. The van der Waals surface area contributed by atoms with Crippen molar-refractivity contribution in [3.8, 4) is 5.75 Å². The number of ether oxygens (including phenoxy) is 1. The summed E-state index contributed by atoms with van der Waals surface area (Å²) in [5.41, 5.74) is 9.07. The average molecular weight is 302 g/mol. The lowest BCUT2D eigenvalue weighted by molar-refractivity contribution is -0.116. The Morgan fingerprint density at radius 3 is 2.95 bits per heavy atom. The van der Waals surface area contributed by atoms with E-state index in [1.54, 1.807) is 11.3 Å². The number of nitrogens with two attached hydrogens (primary N) is 1. The van der Waals surface area contributed by atoms with Crippen LogP contribution < -0.4 is 15.8 Å². The predicted molar refractivity (Wildman–Crippen MR) is 84.9 cm³/mol. The van der Waals surface area contributed by atoms with E-state index in [9.17, 15) is 4.79 Å². The molecule has 0 saturated heterocycles. The van der Waals surface area contributed by atoms with E-state index in [1.165, 1.54) is 10.4 Å². The van der Waals surface area contributed by atoms with Crippen molar-refractivity contribution in [2.75, 3.05) is 11.9 Å². The van der Waals surface area contributed by atoms with E-state index in [-0.39, 0.29) is 12.0 Å². The number of hydrogen-bond acceptors (Lipinski definition) is 4. The Morgan fingerprint density at radius 1 is 1.38 bits per heavy atom. The summed E-state index contributed by atoms with van der Waals surface area (Å²) in [5, 5.41) is 4.93. The average Bonchev–Trinajstić information content (AvgIpc) is 2.91. The van der Waals surface area contributed by atoms with Crippen molar-refractivity contribution in [2.45, 2.75) is 25.9 Å². The van der Waals surface area contributed by atoms with Crippen LogP contribution in [0.1, 0.15) is 28.5 Å². The second-order valence-corrected chi connectivity index (χ2v) is 6.12. The molecular weight excluding hydrogens is 284 g/mol. The standard InChI is InChI=1S/C16H18N2O2S/c1-10-6-7-21-16(10)14(9-17)20-12-3-4-13-11(8-12)2-5-15(19)18-13/h3-4,6-8,14H,2,5,9,17H2,1H3,(H,18,19). The van der Waals surface area contributed by atoms with Crippen molar-refractivity contribution in [3.63, 3.8) is 0 Å². The summed E-state index contributed by atoms with van der Waals surface area (Å²) in [5.74, 6) is 0.873. The third-order valence-corrected chi connectivity index (χ3v) is 4.77. The summed E-state index contributed by atoms with van der Waals surface area (Å²) in [4.78, 5) is 12.5. The molecule has 21 heavy (non-hydrogen) atoms. The lowest BCUT2D eigenvalue weighted by Crippen LogP contribution is -2.20. The van der Waals surface area contributed by atoms with Crippen molar-refractivity contribution < 1.29 is 9.53 Å². The Labute approximate surface area is 127 Å². The van der Waals surface area contributed by atoms with Crippen LogP contribution in [-0.4, -0.2) is 12.5 Å². The lowest BCUT2D eigenvalue weighted by Gasteiger charge is -2.21. The van der Waals surface area contributed by atoms with Crippen molar-refractivity contribution in [2.24, 2.45) is 5.73 Å². The minimum atomic E-state index is -0.124. The molecule has 0 radical (unpaired) electrons. The molecule has 1 aliphatic heterocycles. The van der Waals surface area contributed by atoms with Crippen LogP contribution in [0.2, 0.25) is 0 Å². The number of benzene rings is 1. The maximum atomic E-state index is 11.4. The van der Waals surface area contributed by atoms with Gasteiger partial charge in [0.2, 0.25) is 5.91 Å². The molecule has 1 aromatic heterocycles. The lowest BCUT2D eigenvalue weighted by atomic mass is 10.0. The molecule has 5 heteroatoms. The normalized spacial score (nSPS) is 15.2. The van der Waals surface area contributed by atoms with Gasteiger partial charge < -0.3 is 15.8 Å². The number of thiophene rings is 1. The Balaban J connectivity index is 1.81. The van der Waals surface area contributed by atoms with Gasteiger partial charge >= 0.3 is 0 Å². The van der Waals surface area contributed by atoms with Crippen LogP contribution in [0.3, 0.4) is 0 Å². The van der Waals surface area contributed by atoms with Crippen LogP contribution in [0.15, 0.2) is 29.6 Å². The molecule has 0 aliphatic carbocycles. The van der Waals surface area contributed by atoms with Crippen molar-refractivity contribution >= 4 is 22.9 Å². The quantitative estimate of drug-likeness (QED) is 0.912. The van der Waals surface area contributed by atoms with Crippen LogP contribution in [-0.2, 0) is 11.2 Å². The zero-order chi connectivity index (χ0) is 14.8. The minimum Gasteiger partial charge on any atom is -0.484 e. The molecule has 1 aromatic carbocycles. The molecule has 110 valence electrons. The summed E-state index contributed by atoms with van der Waals surface area (Å²) >= 11 is 1.67. The van der Waals surface area contributed by atoms with Crippen LogP contribution in [0.5, 0.6) is 5.75 Å². The number of nitrogens with one attached hydrogen (secondary N) is 1. The number of carbonyl (C=O) groups is 1.